The molecule has 2 saturated carbocycles. The summed E-state index contributed by atoms with van der Waals surface area (Å²) in [5.74, 6) is 3.49. The summed E-state index contributed by atoms with van der Waals surface area (Å²) in [6, 6.07) is 0. The average molecular weight is 602 g/mol. The van der Waals surface area contributed by atoms with Gasteiger partial charge in [-0.2, -0.15) is 0 Å². The molecule has 0 aromatic rings. The van der Waals surface area contributed by atoms with Crippen LogP contribution in [-0.4, -0.2) is 30.0 Å². The molecule has 0 N–H and O–H groups in total. The fraction of sp³-hybridized carbons (Fsp3) is 0.765. The Morgan fingerprint density at radius 1 is 1.13 bits per heavy atom. The predicted octanol–water partition coefficient (Wildman–Crippen LogP) is 8.21. The summed E-state index contributed by atoms with van der Waals surface area (Å²) in [7, 11) is 0. The number of carbonyl (C=O) groups is 2. The van der Waals surface area contributed by atoms with E-state index in [0.717, 1.165) is 31.6 Å². The van der Waals surface area contributed by atoms with E-state index in [1.54, 1.807) is 5.57 Å². The number of rotatable bonds is 7. The number of carbonyl (C=O) groups excluding carboxylic acids is 2. The molecule has 5 aliphatic rings. The second-order valence-electron chi connectivity index (χ2n) is 13.9. The molecule has 0 aromatic heterocycles. The molecule has 5 unspecified atom stereocenters. The molecule has 0 radical (unpaired) electrons. The summed E-state index contributed by atoms with van der Waals surface area (Å²) in [6.45, 7) is 12.5. The molecule has 39 heavy (non-hydrogen) atoms. The number of alkyl halides is 1. The largest absolute Gasteiger partial charge is 0.465 e. The summed E-state index contributed by atoms with van der Waals surface area (Å²) in [4.78, 5) is 24.8. The van der Waals surface area contributed by atoms with E-state index in [4.69, 9.17) is 9.47 Å². The van der Waals surface area contributed by atoms with Gasteiger partial charge in [0.1, 0.15) is 11.4 Å². The first-order chi connectivity index (χ1) is 18.6. The van der Waals surface area contributed by atoms with Gasteiger partial charge in [0.25, 0.3) is 0 Å². The standard InChI is InChI=1S/C34H49BrO4/c1-20(2)21(3)8-9-22(4)30-12-13-31-24(7-6-14-34(30,31)5)16-27-26-17-25(39-32(36)18-35)11-10-23(26)15-28-29(27)19-38-33(28)37/h8-9,16,20-22,25,27-31H,6-7,10-15,17-19H2,1-5H3/t21-,22+,25-,27-,28?,29?,30?,31?,34?/m0/s1. The topological polar surface area (TPSA) is 52.6 Å². The predicted molar refractivity (Wildman–Crippen MR) is 159 cm³/mol. The smallest absolute Gasteiger partial charge is 0.316 e. The van der Waals surface area contributed by atoms with Crippen LogP contribution in [0, 0.1) is 52.8 Å². The number of allylic oxidation sites excluding steroid dienone is 5. The van der Waals surface area contributed by atoms with Crippen LogP contribution in [0.1, 0.15) is 92.4 Å². The average Bonchev–Trinajstić information content (AvgIpc) is 3.46. The van der Waals surface area contributed by atoms with Crippen molar-refractivity contribution in [3.8, 4) is 0 Å². The monoisotopic (exact) mass is 600 g/mol. The minimum atomic E-state index is -0.182. The molecule has 216 valence electrons. The summed E-state index contributed by atoms with van der Waals surface area (Å²) in [5.41, 5.74) is 4.85. The van der Waals surface area contributed by atoms with Crippen molar-refractivity contribution in [1.82, 2.24) is 0 Å². The van der Waals surface area contributed by atoms with E-state index in [1.165, 1.54) is 43.3 Å². The van der Waals surface area contributed by atoms with Gasteiger partial charge in [-0.15, -0.1) is 0 Å². The molecule has 0 bridgehead atoms. The minimum absolute atomic E-state index is 0.00607. The first-order valence-corrected chi connectivity index (χ1v) is 16.8. The van der Waals surface area contributed by atoms with Crippen molar-refractivity contribution in [2.75, 3.05) is 11.9 Å². The van der Waals surface area contributed by atoms with Crippen LogP contribution in [0.2, 0.25) is 0 Å². The van der Waals surface area contributed by atoms with Crippen molar-refractivity contribution in [3.05, 3.63) is 34.9 Å². The second-order valence-corrected chi connectivity index (χ2v) is 14.5. The van der Waals surface area contributed by atoms with Crippen LogP contribution in [0.4, 0.5) is 0 Å². The van der Waals surface area contributed by atoms with Gasteiger partial charge in [-0.25, -0.2) is 0 Å². The highest BCUT2D eigenvalue weighted by Gasteiger charge is 2.52. The number of cyclic esters (lactones) is 1. The van der Waals surface area contributed by atoms with Crippen LogP contribution >= 0.6 is 15.9 Å². The maximum atomic E-state index is 12.7. The van der Waals surface area contributed by atoms with Gasteiger partial charge in [-0.3, -0.25) is 9.59 Å². The van der Waals surface area contributed by atoms with Crippen LogP contribution < -0.4 is 0 Å². The first-order valence-electron chi connectivity index (χ1n) is 15.6. The Morgan fingerprint density at radius 3 is 2.67 bits per heavy atom. The quantitative estimate of drug-likeness (QED) is 0.168. The highest BCUT2D eigenvalue weighted by Crippen LogP contribution is 2.60. The fourth-order valence-electron chi connectivity index (χ4n) is 8.90. The molecular weight excluding hydrogens is 552 g/mol. The van der Waals surface area contributed by atoms with E-state index in [9.17, 15) is 9.59 Å². The SMILES string of the molecule is CC(C)[C@@H](C)C=C[C@@H](C)C1CCC2C(=C[C@H]3C4=C(CC[C@H](OC(=O)CBr)C4)CC4C(=O)OCC43)CCCC21C. The van der Waals surface area contributed by atoms with Crippen molar-refractivity contribution in [2.24, 2.45) is 52.8 Å². The molecule has 1 aliphatic heterocycles. The van der Waals surface area contributed by atoms with Gasteiger partial charge in [0.05, 0.1) is 12.5 Å². The Morgan fingerprint density at radius 2 is 1.92 bits per heavy atom. The Labute approximate surface area is 244 Å². The zero-order chi connectivity index (χ0) is 27.9. The number of ether oxygens (including phenoxy) is 2. The van der Waals surface area contributed by atoms with Crippen molar-refractivity contribution < 1.29 is 19.1 Å². The summed E-state index contributed by atoms with van der Waals surface area (Å²) >= 11 is 3.25. The van der Waals surface area contributed by atoms with Crippen molar-refractivity contribution in [2.45, 2.75) is 98.5 Å². The van der Waals surface area contributed by atoms with Crippen molar-refractivity contribution in [3.63, 3.8) is 0 Å². The second kappa shape index (κ2) is 11.9. The normalized spacial score (nSPS) is 38.9. The number of esters is 2. The molecule has 9 atom stereocenters. The number of hydrogen-bond acceptors (Lipinski definition) is 4. The van der Waals surface area contributed by atoms with E-state index in [0.29, 0.717) is 35.7 Å². The molecule has 1 saturated heterocycles. The van der Waals surface area contributed by atoms with Gasteiger partial charge in [0.15, 0.2) is 0 Å². The molecule has 0 aromatic carbocycles. The lowest BCUT2D eigenvalue weighted by molar-refractivity contribution is -0.146. The number of fused-ring (bicyclic) bond motifs is 2. The lowest BCUT2D eigenvalue weighted by atomic mass is 9.59. The summed E-state index contributed by atoms with van der Waals surface area (Å²) < 4.78 is 11.5. The van der Waals surface area contributed by atoms with Crippen LogP contribution in [0.5, 0.6) is 0 Å². The van der Waals surface area contributed by atoms with Gasteiger partial charge < -0.3 is 9.47 Å². The van der Waals surface area contributed by atoms with Gasteiger partial charge in [0.2, 0.25) is 0 Å². The molecule has 4 aliphatic carbocycles. The lowest BCUT2D eigenvalue weighted by Crippen LogP contribution is -2.37. The highest BCUT2D eigenvalue weighted by molar-refractivity contribution is 9.09. The third-order valence-corrected chi connectivity index (χ3v) is 11.9. The Kier molecular flexibility index (Phi) is 8.86. The lowest BCUT2D eigenvalue weighted by Gasteiger charge is -2.45. The zero-order valence-electron chi connectivity index (χ0n) is 24.7. The van der Waals surface area contributed by atoms with Crippen molar-refractivity contribution in [1.29, 1.82) is 0 Å². The van der Waals surface area contributed by atoms with Crippen LogP contribution in [-0.2, 0) is 19.1 Å². The van der Waals surface area contributed by atoms with Gasteiger partial charge in [0, 0.05) is 18.3 Å². The van der Waals surface area contributed by atoms with E-state index in [1.807, 2.05) is 0 Å². The molecule has 0 amide bonds. The zero-order valence-corrected chi connectivity index (χ0v) is 26.3. The van der Waals surface area contributed by atoms with Crippen molar-refractivity contribution >= 4 is 27.9 Å². The summed E-state index contributed by atoms with van der Waals surface area (Å²) in [6.07, 6.45) is 17.3. The van der Waals surface area contributed by atoms with Crippen LogP contribution in [0.3, 0.4) is 0 Å². The van der Waals surface area contributed by atoms with E-state index in [-0.39, 0.29) is 41.1 Å². The molecular formula is C34H49BrO4. The van der Waals surface area contributed by atoms with Crippen LogP contribution in [0.15, 0.2) is 34.9 Å². The Balaban J connectivity index is 1.41. The van der Waals surface area contributed by atoms with E-state index >= 15 is 0 Å². The number of halogens is 1. The van der Waals surface area contributed by atoms with Crippen LogP contribution in [0.25, 0.3) is 0 Å². The summed E-state index contributed by atoms with van der Waals surface area (Å²) in [5, 5.41) is 0.237. The minimum Gasteiger partial charge on any atom is -0.465 e. The Bertz CT molecular complexity index is 1040. The maximum Gasteiger partial charge on any atom is 0.316 e. The van der Waals surface area contributed by atoms with Gasteiger partial charge in [-0.05, 0) is 86.4 Å². The number of hydrogen-bond donors (Lipinski definition) is 0. The molecule has 3 fully saturated rings. The van der Waals surface area contributed by atoms with Gasteiger partial charge >= 0.3 is 11.9 Å². The third kappa shape index (κ3) is 5.72. The maximum absolute atomic E-state index is 12.7. The molecule has 0 spiro atoms. The fourth-order valence-corrected chi connectivity index (χ4v) is 9.04. The Hall–Kier alpha value is -1.36. The third-order valence-electron chi connectivity index (χ3n) is 11.5. The van der Waals surface area contributed by atoms with Gasteiger partial charge in [-0.1, -0.05) is 85.5 Å². The molecule has 1 heterocycles. The first kappa shape index (κ1) is 29.1. The molecule has 5 rings (SSSR count). The van der Waals surface area contributed by atoms with E-state index < -0.39 is 0 Å². The molecule has 4 nitrogen and oxygen atoms in total. The van der Waals surface area contributed by atoms with E-state index in [2.05, 4.69) is 68.8 Å². The molecule has 5 heteroatoms. The highest BCUT2D eigenvalue weighted by atomic mass is 79.9.